The smallest absolute Gasteiger partial charge is 0.252 e. The minimum absolute atomic E-state index is 0.133. The second-order valence-corrected chi connectivity index (χ2v) is 7.78. The van der Waals surface area contributed by atoms with Crippen LogP contribution in [-0.2, 0) is 5.75 Å². The molecular weight excluding hydrogens is 410 g/mol. The van der Waals surface area contributed by atoms with Crippen LogP contribution in [0.25, 0.3) is 5.69 Å². The Morgan fingerprint density at radius 2 is 1.65 bits per heavy atom. The Morgan fingerprint density at radius 3 is 2.42 bits per heavy atom. The van der Waals surface area contributed by atoms with Crippen LogP contribution in [0.2, 0.25) is 0 Å². The number of hydrogen-bond donors (Lipinski definition) is 2. The Labute approximate surface area is 184 Å². The van der Waals surface area contributed by atoms with Gasteiger partial charge in [-0.3, -0.25) is 4.79 Å². The quantitative estimate of drug-likeness (QED) is 0.415. The topological polar surface area (TPSA) is 92.9 Å². The van der Waals surface area contributed by atoms with Gasteiger partial charge >= 0.3 is 0 Å². The van der Waals surface area contributed by atoms with Crippen LogP contribution in [0.5, 0.6) is 0 Å². The first-order valence-electron chi connectivity index (χ1n) is 9.78. The summed E-state index contributed by atoms with van der Waals surface area (Å²) in [6.07, 6.45) is -0.763. The molecule has 2 N–H and O–H groups in total. The lowest BCUT2D eigenvalue weighted by molar-refractivity contribution is 0.0913. The summed E-state index contributed by atoms with van der Waals surface area (Å²) in [4.78, 5) is 13.6. The maximum absolute atomic E-state index is 12.8. The fourth-order valence-electron chi connectivity index (χ4n) is 3.07. The molecule has 0 spiro atoms. The molecule has 0 radical (unpaired) electrons. The first kappa shape index (κ1) is 20.8. The predicted octanol–water partition coefficient (Wildman–Crippen LogP) is 3.42. The van der Waals surface area contributed by atoms with Gasteiger partial charge in [-0.05, 0) is 40.3 Å². The van der Waals surface area contributed by atoms with Gasteiger partial charge in [0.05, 0.1) is 23.1 Å². The third-order valence-corrected chi connectivity index (χ3v) is 5.73. The van der Waals surface area contributed by atoms with Crippen LogP contribution in [0.3, 0.4) is 0 Å². The summed E-state index contributed by atoms with van der Waals surface area (Å²) in [6, 6.07) is 26.3. The highest BCUT2D eigenvalue weighted by Crippen LogP contribution is 2.26. The summed E-state index contributed by atoms with van der Waals surface area (Å²) < 4.78 is 1.69. The maximum atomic E-state index is 12.8. The number of benzene rings is 3. The zero-order valence-corrected chi connectivity index (χ0v) is 17.4. The molecule has 8 heteroatoms. The van der Waals surface area contributed by atoms with E-state index in [0.717, 1.165) is 16.1 Å². The molecule has 4 aromatic rings. The van der Waals surface area contributed by atoms with Crippen LogP contribution < -0.4 is 5.32 Å². The zero-order chi connectivity index (χ0) is 21.5. The van der Waals surface area contributed by atoms with Crippen LogP contribution in [0.1, 0.15) is 27.8 Å². The number of hydrogen-bond acceptors (Lipinski definition) is 6. The highest BCUT2D eigenvalue weighted by Gasteiger charge is 2.15. The van der Waals surface area contributed by atoms with Gasteiger partial charge in [0.2, 0.25) is 0 Å². The van der Waals surface area contributed by atoms with Gasteiger partial charge in [0.1, 0.15) is 0 Å². The largest absolute Gasteiger partial charge is 0.387 e. The van der Waals surface area contributed by atoms with E-state index in [0.29, 0.717) is 17.1 Å². The van der Waals surface area contributed by atoms with Crippen molar-refractivity contribution in [2.24, 2.45) is 0 Å². The van der Waals surface area contributed by atoms with Gasteiger partial charge in [-0.2, -0.15) is 4.68 Å². The normalized spacial score (nSPS) is 11.8. The minimum Gasteiger partial charge on any atom is -0.387 e. The van der Waals surface area contributed by atoms with Gasteiger partial charge in [-0.15, -0.1) is 16.9 Å². The number of amides is 1. The van der Waals surface area contributed by atoms with Crippen molar-refractivity contribution < 1.29 is 9.90 Å². The van der Waals surface area contributed by atoms with Crippen molar-refractivity contribution in [3.63, 3.8) is 0 Å². The molecule has 4 rings (SSSR count). The highest BCUT2D eigenvalue weighted by molar-refractivity contribution is 7.98. The maximum Gasteiger partial charge on any atom is 0.252 e. The third-order valence-electron chi connectivity index (χ3n) is 4.66. The molecule has 0 fully saturated rings. The summed E-state index contributed by atoms with van der Waals surface area (Å²) >= 11 is 1.49. The van der Waals surface area contributed by atoms with Gasteiger partial charge < -0.3 is 10.4 Å². The van der Waals surface area contributed by atoms with E-state index in [1.807, 2.05) is 78.9 Å². The summed E-state index contributed by atoms with van der Waals surface area (Å²) in [5.41, 5.74) is 2.19. The van der Waals surface area contributed by atoms with Crippen LogP contribution in [0.15, 0.2) is 89.8 Å². The van der Waals surface area contributed by atoms with Crippen molar-refractivity contribution in [1.29, 1.82) is 0 Å². The molecule has 0 aliphatic heterocycles. The first-order valence-corrected chi connectivity index (χ1v) is 10.8. The second kappa shape index (κ2) is 10.0. The molecule has 31 heavy (non-hydrogen) atoms. The number of rotatable bonds is 8. The highest BCUT2D eigenvalue weighted by atomic mass is 32.2. The third kappa shape index (κ3) is 5.17. The lowest BCUT2D eigenvalue weighted by Gasteiger charge is -2.14. The van der Waals surface area contributed by atoms with E-state index in [2.05, 4.69) is 20.8 Å². The fourth-order valence-corrected chi connectivity index (χ4v) is 4.02. The number of carbonyl (C=O) groups excluding carboxylic acids is 1. The van der Waals surface area contributed by atoms with Crippen LogP contribution in [0.4, 0.5) is 0 Å². The Morgan fingerprint density at radius 1 is 0.968 bits per heavy atom. The van der Waals surface area contributed by atoms with E-state index in [1.165, 1.54) is 11.8 Å². The zero-order valence-electron chi connectivity index (χ0n) is 16.6. The number of aliphatic hydroxyl groups is 1. The molecule has 1 unspecified atom stereocenters. The van der Waals surface area contributed by atoms with E-state index in [-0.39, 0.29) is 12.5 Å². The molecule has 1 atom stereocenters. The Balaban J connectivity index is 1.42. The minimum atomic E-state index is -0.763. The molecule has 3 aromatic carbocycles. The Bertz CT molecular complexity index is 1130. The molecule has 7 nitrogen and oxygen atoms in total. The fraction of sp³-hybridized carbons (Fsp3) is 0.130. The van der Waals surface area contributed by atoms with Gasteiger partial charge in [0.15, 0.2) is 5.82 Å². The molecule has 0 aliphatic rings. The average Bonchev–Trinajstić information content (AvgIpc) is 3.31. The predicted molar refractivity (Wildman–Crippen MR) is 119 cm³/mol. The SMILES string of the molecule is O=C(NCC(O)c1ccccc1)c1ccccc1SCc1nnnn1-c1ccccc1. The molecule has 0 aliphatic carbocycles. The van der Waals surface area contributed by atoms with Crippen molar-refractivity contribution in [2.45, 2.75) is 16.8 Å². The number of aromatic nitrogens is 4. The number of thioether (sulfide) groups is 1. The summed E-state index contributed by atoms with van der Waals surface area (Å²) in [5.74, 6) is 0.949. The standard InChI is InChI=1S/C23H21N5O2S/c29-20(17-9-3-1-4-10-17)15-24-23(30)19-13-7-8-14-21(19)31-16-22-25-26-27-28(22)18-11-5-2-6-12-18/h1-14,20,29H,15-16H2,(H,24,30). The van der Waals surface area contributed by atoms with E-state index in [1.54, 1.807) is 10.7 Å². The van der Waals surface area contributed by atoms with Crippen LogP contribution in [0, 0.1) is 0 Å². The average molecular weight is 432 g/mol. The van der Waals surface area contributed by atoms with Crippen LogP contribution >= 0.6 is 11.8 Å². The van der Waals surface area contributed by atoms with Gasteiger partial charge in [0, 0.05) is 11.4 Å². The number of aliphatic hydroxyl groups excluding tert-OH is 1. The number of para-hydroxylation sites is 1. The number of tetrazole rings is 1. The molecule has 1 amide bonds. The molecule has 0 bridgehead atoms. The van der Waals surface area contributed by atoms with Crippen molar-refractivity contribution in [3.8, 4) is 5.69 Å². The number of nitrogens with one attached hydrogen (secondary N) is 1. The van der Waals surface area contributed by atoms with E-state index in [4.69, 9.17) is 0 Å². The Hall–Kier alpha value is -3.49. The van der Waals surface area contributed by atoms with E-state index < -0.39 is 6.10 Å². The Kier molecular flexibility index (Phi) is 6.71. The van der Waals surface area contributed by atoms with Gasteiger partial charge in [-0.25, -0.2) is 0 Å². The molecule has 1 heterocycles. The van der Waals surface area contributed by atoms with Gasteiger partial charge in [0.25, 0.3) is 5.91 Å². The van der Waals surface area contributed by atoms with Gasteiger partial charge in [-0.1, -0.05) is 60.7 Å². The monoisotopic (exact) mass is 431 g/mol. The summed E-state index contributed by atoms with van der Waals surface area (Å²) in [6.45, 7) is 0.133. The second-order valence-electron chi connectivity index (χ2n) is 6.76. The number of nitrogens with zero attached hydrogens (tertiary/aromatic N) is 4. The lowest BCUT2D eigenvalue weighted by Crippen LogP contribution is -2.28. The summed E-state index contributed by atoms with van der Waals surface area (Å²) in [7, 11) is 0. The van der Waals surface area contributed by atoms with Crippen molar-refractivity contribution >= 4 is 17.7 Å². The van der Waals surface area contributed by atoms with E-state index in [9.17, 15) is 9.90 Å². The molecular formula is C23H21N5O2S. The lowest BCUT2D eigenvalue weighted by atomic mass is 10.1. The molecule has 0 saturated heterocycles. The molecule has 1 aromatic heterocycles. The van der Waals surface area contributed by atoms with Crippen molar-refractivity contribution in [1.82, 2.24) is 25.5 Å². The van der Waals surface area contributed by atoms with Crippen molar-refractivity contribution in [2.75, 3.05) is 6.54 Å². The first-order chi connectivity index (χ1) is 15.2. The van der Waals surface area contributed by atoms with Crippen molar-refractivity contribution in [3.05, 3.63) is 102 Å². The summed E-state index contributed by atoms with van der Waals surface area (Å²) in [5, 5.41) is 25.1. The number of carbonyl (C=O) groups is 1. The van der Waals surface area contributed by atoms with E-state index >= 15 is 0 Å². The molecule has 0 saturated carbocycles. The van der Waals surface area contributed by atoms with Crippen LogP contribution in [-0.4, -0.2) is 37.8 Å². The molecule has 156 valence electrons.